The van der Waals surface area contributed by atoms with Crippen molar-refractivity contribution in [3.63, 3.8) is 0 Å². The van der Waals surface area contributed by atoms with Crippen LogP contribution in [-0.4, -0.2) is 67.0 Å². The van der Waals surface area contributed by atoms with Gasteiger partial charge in [-0.1, -0.05) is 41.4 Å². The lowest BCUT2D eigenvalue weighted by molar-refractivity contribution is 0.0516. The summed E-state index contributed by atoms with van der Waals surface area (Å²) in [7, 11) is 0. The Balaban J connectivity index is 1.19. The van der Waals surface area contributed by atoms with Crippen molar-refractivity contribution in [2.75, 3.05) is 42.8 Å². The molecule has 7 rings (SSSR count). The van der Waals surface area contributed by atoms with Crippen LogP contribution in [0.4, 0.5) is 15.8 Å². The van der Waals surface area contributed by atoms with Crippen molar-refractivity contribution >= 4 is 46.5 Å². The summed E-state index contributed by atoms with van der Waals surface area (Å²) in [4.78, 5) is 31.7. The summed E-state index contributed by atoms with van der Waals surface area (Å²) in [5.74, 6) is -1.75. The number of aromatic carboxylic acids is 1. The fourth-order valence-corrected chi connectivity index (χ4v) is 7.69. The van der Waals surface area contributed by atoms with Gasteiger partial charge in [0.1, 0.15) is 11.6 Å². The molecule has 2 unspecified atom stereocenters. The van der Waals surface area contributed by atoms with Gasteiger partial charge in [-0.3, -0.25) is 4.79 Å². The number of carboxylic acids is 1. The fraction of sp³-hybridized carbons (Fsp3) is 0.394. The molecular weight excluding hydrogens is 608 g/mol. The quantitative estimate of drug-likeness (QED) is 0.327. The molecule has 0 radical (unpaired) electrons. The van der Waals surface area contributed by atoms with E-state index in [1.807, 2.05) is 6.07 Å². The molecule has 4 aliphatic heterocycles. The number of halogens is 3. The van der Waals surface area contributed by atoms with E-state index in [1.54, 1.807) is 30.3 Å². The van der Waals surface area contributed by atoms with Crippen molar-refractivity contribution in [3.8, 4) is 16.9 Å². The van der Waals surface area contributed by atoms with E-state index >= 15 is 4.39 Å². The maximum Gasteiger partial charge on any atom is 0.337 e. The van der Waals surface area contributed by atoms with Gasteiger partial charge in [0, 0.05) is 35.5 Å². The van der Waals surface area contributed by atoms with E-state index in [1.165, 1.54) is 11.3 Å². The molecule has 0 saturated carbocycles. The number of carbonyl (C=O) groups excluding carboxylic acids is 1. The highest BCUT2D eigenvalue weighted by atomic mass is 35.5. The van der Waals surface area contributed by atoms with Gasteiger partial charge in [0.15, 0.2) is 6.73 Å². The number of rotatable bonds is 5. The highest BCUT2D eigenvalue weighted by Crippen LogP contribution is 2.43. The second kappa shape index (κ2) is 11.8. The lowest BCUT2D eigenvalue weighted by Crippen LogP contribution is -2.46. The summed E-state index contributed by atoms with van der Waals surface area (Å²) in [6, 6.07) is 11.7. The molecule has 3 saturated heterocycles. The van der Waals surface area contributed by atoms with E-state index in [9.17, 15) is 14.7 Å². The van der Waals surface area contributed by atoms with Gasteiger partial charge < -0.3 is 29.3 Å². The molecular formula is C33H32Cl2FN3O5. The molecule has 0 aromatic heterocycles. The number of carbonyl (C=O) groups is 2. The van der Waals surface area contributed by atoms with Crippen molar-refractivity contribution in [1.29, 1.82) is 0 Å². The predicted octanol–water partition coefficient (Wildman–Crippen LogP) is 6.85. The van der Waals surface area contributed by atoms with Crippen LogP contribution in [0.1, 0.15) is 58.4 Å². The highest BCUT2D eigenvalue weighted by Gasteiger charge is 2.40. The number of piperidine rings is 1. The van der Waals surface area contributed by atoms with Crippen LogP contribution < -0.4 is 14.5 Å². The Kier molecular flexibility index (Phi) is 7.80. The monoisotopic (exact) mass is 639 g/mol. The van der Waals surface area contributed by atoms with Crippen LogP contribution in [0.2, 0.25) is 10.0 Å². The van der Waals surface area contributed by atoms with Gasteiger partial charge in [0.2, 0.25) is 0 Å². The van der Waals surface area contributed by atoms with Crippen molar-refractivity contribution in [1.82, 2.24) is 4.90 Å². The molecule has 1 amide bonds. The second-order valence-corrected chi connectivity index (χ2v) is 12.7. The summed E-state index contributed by atoms with van der Waals surface area (Å²) in [5.41, 5.74) is 2.95. The third kappa shape index (κ3) is 5.14. The van der Waals surface area contributed by atoms with E-state index in [4.69, 9.17) is 32.7 Å². The Hall–Kier alpha value is -3.53. The van der Waals surface area contributed by atoms with Crippen LogP contribution in [0.3, 0.4) is 0 Å². The van der Waals surface area contributed by atoms with Gasteiger partial charge in [-0.2, -0.15) is 0 Å². The molecule has 3 fully saturated rings. The number of fused-ring (bicyclic) bond motifs is 3. The van der Waals surface area contributed by atoms with Crippen LogP contribution >= 0.6 is 23.2 Å². The number of ether oxygens (including phenoxy) is 2. The molecule has 11 heteroatoms. The van der Waals surface area contributed by atoms with Gasteiger partial charge in [-0.15, -0.1) is 0 Å². The largest absolute Gasteiger partial charge is 0.478 e. The molecule has 4 aliphatic rings. The van der Waals surface area contributed by atoms with Crippen LogP contribution in [0.25, 0.3) is 11.1 Å². The molecule has 1 N–H and O–H groups in total. The minimum absolute atomic E-state index is 0.0400. The minimum atomic E-state index is -1.18. The maximum absolute atomic E-state index is 15.6. The van der Waals surface area contributed by atoms with E-state index in [0.717, 1.165) is 50.5 Å². The summed E-state index contributed by atoms with van der Waals surface area (Å²) in [5, 5.41) is 10.5. The third-order valence-electron chi connectivity index (χ3n) is 9.20. The number of carboxylic acid groups (broad SMARTS) is 1. The molecule has 4 heterocycles. The number of morpholine rings is 1. The summed E-state index contributed by atoms with van der Waals surface area (Å²) >= 11 is 13.3. The Labute approximate surface area is 264 Å². The first-order valence-corrected chi connectivity index (χ1v) is 15.8. The molecule has 44 heavy (non-hydrogen) atoms. The molecule has 0 spiro atoms. The fourth-order valence-electron chi connectivity index (χ4n) is 7.05. The zero-order valence-electron chi connectivity index (χ0n) is 24.0. The van der Waals surface area contributed by atoms with Gasteiger partial charge in [-0.05, 0) is 56.4 Å². The molecule has 3 aromatic carbocycles. The first kappa shape index (κ1) is 29.2. The summed E-state index contributed by atoms with van der Waals surface area (Å²) in [6.07, 6.45) is 5.18. The van der Waals surface area contributed by atoms with Gasteiger partial charge in [0.25, 0.3) is 5.91 Å². The second-order valence-electron chi connectivity index (χ2n) is 11.9. The molecule has 0 aliphatic carbocycles. The van der Waals surface area contributed by atoms with E-state index in [-0.39, 0.29) is 58.0 Å². The molecule has 2 bridgehead atoms. The maximum atomic E-state index is 15.6. The zero-order valence-corrected chi connectivity index (χ0v) is 25.5. The van der Waals surface area contributed by atoms with E-state index < -0.39 is 11.8 Å². The topological polar surface area (TPSA) is 82.5 Å². The third-order valence-corrected chi connectivity index (χ3v) is 9.79. The van der Waals surface area contributed by atoms with Crippen LogP contribution in [0, 0.1) is 5.82 Å². The highest BCUT2D eigenvalue weighted by molar-refractivity contribution is 6.40. The van der Waals surface area contributed by atoms with Gasteiger partial charge >= 0.3 is 5.97 Å². The van der Waals surface area contributed by atoms with E-state index in [2.05, 4.69) is 9.80 Å². The smallest absolute Gasteiger partial charge is 0.337 e. The van der Waals surface area contributed by atoms with E-state index in [0.29, 0.717) is 35.8 Å². The van der Waals surface area contributed by atoms with Crippen LogP contribution in [0.5, 0.6) is 5.75 Å². The SMILES string of the molecule is O=C(O)c1cc(F)c(-c2cccc3c2OCN(C(=O)c2c(Cl)cc(N4CCCCC4)cc2Cl)C3)cc1N1C2CCC1COC2. The average Bonchev–Trinajstić information content (AvgIpc) is 3.27. The predicted molar refractivity (Wildman–Crippen MR) is 167 cm³/mol. The number of amides is 1. The summed E-state index contributed by atoms with van der Waals surface area (Å²) < 4.78 is 27.5. The molecule has 2 atom stereocenters. The zero-order chi connectivity index (χ0) is 30.5. The number of hydrogen-bond acceptors (Lipinski definition) is 6. The van der Waals surface area contributed by atoms with Crippen LogP contribution in [0.15, 0.2) is 42.5 Å². The normalized spacial score (nSPS) is 21.2. The lowest BCUT2D eigenvalue weighted by atomic mass is 9.96. The Morgan fingerprint density at radius 3 is 2.32 bits per heavy atom. The number of hydrogen-bond donors (Lipinski definition) is 1. The standard InChI is InChI=1S/C33H32Cl2FN3O5/c34-26-11-22(37-9-2-1-3-10-37)12-27(35)30(26)32(40)38-15-19-5-4-6-23(31(19)44-18-38)24-14-29(25(33(41)42)13-28(24)36)39-20-7-8-21(39)17-43-16-20/h4-6,11-14,20-21H,1-3,7-10,15-18H2,(H,41,42). The molecule has 230 valence electrons. The Bertz CT molecular complexity index is 1610. The number of nitrogens with zero attached hydrogens (tertiary/aromatic N) is 3. The summed E-state index contributed by atoms with van der Waals surface area (Å²) in [6.45, 7) is 2.98. The van der Waals surface area contributed by atoms with Gasteiger partial charge in [-0.25, -0.2) is 9.18 Å². The number of anilines is 2. The van der Waals surface area contributed by atoms with Crippen LogP contribution in [-0.2, 0) is 11.3 Å². The van der Waals surface area contributed by atoms with Crippen molar-refractivity contribution in [3.05, 3.63) is 75.0 Å². The van der Waals surface area contributed by atoms with Crippen molar-refractivity contribution < 1.29 is 28.6 Å². The van der Waals surface area contributed by atoms with Gasteiger partial charge in [0.05, 0.1) is 58.7 Å². The Morgan fingerprint density at radius 1 is 0.932 bits per heavy atom. The number of benzene rings is 3. The Morgan fingerprint density at radius 2 is 1.64 bits per heavy atom. The van der Waals surface area contributed by atoms with Crippen molar-refractivity contribution in [2.45, 2.75) is 50.7 Å². The number of para-hydroxylation sites is 1. The lowest BCUT2D eigenvalue weighted by Gasteiger charge is -2.37. The van der Waals surface area contributed by atoms with Crippen molar-refractivity contribution in [2.24, 2.45) is 0 Å². The molecule has 3 aromatic rings. The molecule has 8 nitrogen and oxygen atoms in total. The first-order chi connectivity index (χ1) is 21.3. The first-order valence-electron chi connectivity index (χ1n) is 15.0. The minimum Gasteiger partial charge on any atom is -0.478 e. The average molecular weight is 641 g/mol.